The average molecular weight is 414 g/mol. The number of carbonyl (C=O) groups excluding carboxylic acids is 2. The van der Waals surface area contributed by atoms with Crippen molar-refractivity contribution in [3.05, 3.63) is 42.5 Å². The molecule has 5 nitrogen and oxygen atoms in total. The van der Waals surface area contributed by atoms with E-state index in [1.807, 2.05) is 40.1 Å². The minimum atomic E-state index is -0.220. The average Bonchev–Trinajstić information content (AvgIpc) is 3.34. The summed E-state index contributed by atoms with van der Waals surface area (Å²) in [6.07, 6.45) is 3.72. The Morgan fingerprint density at radius 3 is 2.55 bits per heavy atom. The van der Waals surface area contributed by atoms with Crippen LogP contribution >= 0.6 is 12.4 Å². The normalized spacial score (nSPS) is 23.6. The highest BCUT2D eigenvalue weighted by molar-refractivity contribution is 6.07. The van der Waals surface area contributed by atoms with Crippen LogP contribution in [0.2, 0.25) is 0 Å². The van der Waals surface area contributed by atoms with Crippen molar-refractivity contribution in [2.75, 3.05) is 37.6 Å². The summed E-state index contributed by atoms with van der Waals surface area (Å²) >= 11 is 0. The van der Waals surface area contributed by atoms with Crippen molar-refractivity contribution in [2.24, 2.45) is 11.3 Å². The Kier molecular flexibility index (Phi) is 5.54. The van der Waals surface area contributed by atoms with E-state index in [0.717, 1.165) is 55.5 Å². The molecule has 0 bridgehead atoms. The predicted octanol–water partition coefficient (Wildman–Crippen LogP) is 3.22. The van der Waals surface area contributed by atoms with Crippen molar-refractivity contribution in [3.63, 3.8) is 0 Å². The molecule has 3 saturated heterocycles. The molecule has 1 N–H and O–H groups in total. The monoisotopic (exact) mass is 413 g/mol. The lowest BCUT2D eigenvalue weighted by molar-refractivity contribution is -0.137. The van der Waals surface area contributed by atoms with Crippen molar-refractivity contribution in [3.8, 4) is 0 Å². The van der Waals surface area contributed by atoms with Gasteiger partial charge in [0, 0.05) is 38.0 Å². The highest BCUT2D eigenvalue weighted by atomic mass is 35.5. The number of hydrogen-bond donors (Lipinski definition) is 1. The van der Waals surface area contributed by atoms with Gasteiger partial charge in [-0.2, -0.15) is 0 Å². The summed E-state index contributed by atoms with van der Waals surface area (Å²) in [7, 11) is 0. The molecule has 0 aliphatic carbocycles. The molecule has 5 rings (SSSR count). The smallest absolute Gasteiger partial charge is 0.228 e. The topological polar surface area (TPSA) is 52.7 Å². The molecule has 3 aliphatic rings. The van der Waals surface area contributed by atoms with Crippen LogP contribution < -0.4 is 10.2 Å². The number of nitrogens with zero attached hydrogens (tertiary/aromatic N) is 2. The van der Waals surface area contributed by atoms with E-state index in [1.54, 1.807) is 0 Å². The largest absolute Gasteiger partial charge is 0.342 e. The third kappa shape index (κ3) is 3.62. The van der Waals surface area contributed by atoms with Gasteiger partial charge in [-0.1, -0.05) is 36.4 Å². The lowest BCUT2D eigenvalue weighted by atomic mass is 9.77. The number of benzene rings is 2. The van der Waals surface area contributed by atoms with Crippen LogP contribution in [0.5, 0.6) is 0 Å². The Bertz CT molecular complexity index is 910. The summed E-state index contributed by atoms with van der Waals surface area (Å²) in [6, 6.07) is 14.1. The summed E-state index contributed by atoms with van der Waals surface area (Å²) in [4.78, 5) is 29.7. The first kappa shape index (κ1) is 20.2. The van der Waals surface area contributed by atoms with Gasteiger partial charge in [0.1, 0.15) is 0 Å². The molecule has 6 heteroatoms. The van der Waals surface area contributed by atoms with Crippen molar-refractivity contribution < 1.29 is 9.59 Å². The lowest BCUT2D eigenvalue weighted by Gasteiger charge is -2.39. The standard InChI is InChI=1S/C23H27N3O2.ClH/c27-21-14-18(22(28)25-12-9-23(10-13-25)8-11-24-16-23)15-26(21)20-7-3-5-17-4-1-2-6-19(17)20;/h1-7,18,24H,8-16H2;1H. The van der Waals surface area contributed by atoms with E-state index in [1.165, 1.54) is 6.42 Å². The maximum absolute atomic E-state index is 13.1. The maximum Gasteiger partial charge on any atom is 0.228 e. The van der Waals surface area contributed by atoms with Gasteiger partial charge in [-0.25, -0.2) is 0 Å². The Hall–Kier alpha value is -2.11. The second-order valence-electron chi connectivity index (χ2n) is 8.66. The zero-order valence-corrected chi connectivity index (χ0v) is 17.4. The molecular weight excluding hydrogens is 386 g/mol. The molecule has 3 aliphatic heterocycles. The quantitative estimate of drug-likeness (QED) is 0.822. The summed E-state index contributed by atoms with van der Waals surface area (Å²) in [6.45, 7) is 4.35. The number of nitrogens with one attached hydrogen (secondary N) is 1. The number of rotatable bonds is 2. The second-order valence-corrected chi connectivity index (χ2v) is 8.66. The molecule has 3 fully saturated rings. The Morgan fingerprint density at radius 2 is 1.79 bits per heavy atom. The molecule has 2 aromatic carbocycles. The van der Waals surface area contributed by atoms with Crippen LogP contribution in [0.1, 0.15) is 25.7 Å². The molecule has 0 radical (unpaired) electrons. The van der Waals surface area contributed by atoms with Crippen LogP contribution in [0, 0.1) is 11.3 Å². The molecule has 0 saturated carbocycles. The molecule has 0 aromatic heterocycles. The first-order chi connectivity index (χ1) is 13.7. The number of amides is 2. The van der Waals surface area contributed by atoms with Gasteiger partial charge in [-0.3, -0.25) is 9.59 Å². The van der Waals surface area contributed by atoms with Crippen molar-refractivity contribution in [1.29, 1.82) is 0 Å². The van der Waals surface area contributed by atoms with Crippen LogP contribution in [0.15, 0.2) is 42.5 Å². The summed E-state index contributed by atoms with van der Waals surface area (Å²) < 4.78 is 0. The first-order valence-electron chi connectivity index (χ1n) is 10.4. The van der Waals surface area contributed by atoms with Crippen LogP contribution in [-0.4, -0.2) is 49.4 Å². The molecule has 1 unspecified atom stereocenters. The van der Waals surface area contributed by atoms with Crippen molar-refractivity contribution >= 4 is 40.7 Å². The molecular formula is C23H28ClN3O2. The highest BCUT2D eigenvalue weighted by Crippen LogP contribution is 2.38. The van der Waals surface area contributed by atoms with Crippen LogP contribution in [0.3, 0.4) is 0 Å². The second kappa shape index (κ2) is 7.96. The van der Waals surface area contributed by atoms with E-state index in [4.69, 9.17) is 0 Å². The molecule has 1 spiro atoms. The fraction of sp³-hybridized carbons (Fsp3) is 0.478. The van der Waals surface area contributed by atoms with Gasteiger partial charge >= 0.3 is 0 Å². The highest BCUT2D eigenvalue weighted by Gasteiger charge is 2.42. The fourth-order valence-corrected chi connectivity index (χ4v) is 5.23. The van der Waals surface area contributed by atoms with E-state index in [9.17, 15) is 9.59 Å². The number of piperidine rings is 1. The summed E-state index contributed by atoms with van der Waals surface area (Å²) in [5, 5.41) is 5.66. The van der Waals surface area contributed by atoms with Crippen LogP contribution in [-0.2, 0) is 9.59 Å². The lowest BCUT2D eigenvalue weighted by Crippen LogP contribution is -2.46. The zero-order chi connectivity index (χ0) is 19.1. The molecule has 2 aromatic rings. The third-order valence-corrected chi connectivity index (χ3v) is 7.00. The van der Waals surface area contributed by atoms with E-state index in [0.29, 0.717) is 18.4 Å². The number of fused-ring (bicyclic) bond motifs is 1. The van der Waals surface area contributed by atoms with Gasteiger partial charge in [0.15, 0.2) is 0 Å². The third-order valence-electron chi connectivity index (χ3n) is 7.00. The van der Waals surface area contributed by atoms with Crippen LogP contribution in [0.4, 0.5) is 5.69 Å². The van der Waals surface area contributed by atoms with Gasteiger partial charge in [-0.15, -0.1) is 12.4 Å². The van der Waals surface area contributed by atoms with Gasteiger partial charge in [-0.05, 0) is 42.7 Å². The van der Waals surface area contributed by atoms with E-state index < -0.39 is 0 Å². The van der Waals surface area contributed by atoms with E-state index >= 15 is 0 Å². The summed E-state index contributed by atoms with van der Waals surface area (Å²) in [5.74, 6) is 0.00212. The number of likely N-dealkylation sites (tertiary alicyclic amines) is 1. The molecule has 154 valence electrons. The molecule has 3 heterocycles. The maximum atomic E-state index is 13.1. The zero-order valence-electron chi connectivity index (χ0n) is 16.6. The van der Waals surface area contributed by atoms with Crippen molar-refractivity contribution in [2.45, 2.75) is 25.7 Å². The number of hydrogen-bond acceptors (Lipinski definition) is 3. The van der Waals surface area contributed by atoms with Crippen molar-refractivity contribution in [1.82, 2.24) is 10.2 Å². The first-order valence-corrected chi connectivity index (χ1v) is 10.4. The Morgan fingerprint density at radius 1 is 1.03 bits per heavy atom. The minimum Gasteiger partial charge on any atom is -0.342 e. The van der Waals surface area contributed by atoms with E-state index in [2.05, 4.69) is 17.4 Å². The predicted molar refractivity (Wildman–Crippen MR) is 117 cm³/mol. The van der Waals surface area contributed by atoms with Gasteiger partial charge in [0.2, 0.25) is 11.8 Å². The Balaban J connectivity index is 0.00000205. The van der Waals surface area contributed by atoms with E-state index in [-0.39, 0.29) is 30.1 Å². The van der Waals surface area contributed by atoms with Gasteiger partial charge in [0.05, 0.1) is 11.6 Å². The Labute approximate surface area is 177 Å². The minimum absolute atomic E-state index is 0. The molecule has 1 atom stereocenters. The van der Waals surface area contributed by atoms with Crippen LogP contribution in [0.25, 0.3) is 10.8 Å². The van der Waals surface area contributed by atoms with Gasteiger partial charge in [0.25, 0.3) is 0 Å². The SMILES string of the molecule is Cl.O=C(C1CC(=O)N(c2cccc3ccccc23)C1)N1CCC2(CCNC2)CC1. The fourth-order valence-electron chi connectivity index (χ4n) is 5.23. The molecule has 2 amide bonds. The number of anilines is 1. The van der Waals surface area contributed by atoms with Gasteiger partial charge < -0.3 is 15.1 Å². The number of halogens is 1. The number of carbonyl (C=O) groups is 2. The summed E-state index contributed by atoms with van der Waals surface area (Å²) in [5.41, 5.74) is 1.32. The molecule has 29 heavy (non-hydrogen) atoms.